The molecule has 0 saturated carbocycles. The van der Waals surface area contributed by atoms with Crippen LogP contribution in [0.4, 0.5) is 19.6 Å². The van der Waals surface area contributed by atoms with Gasteiger partial charge >= 0.3 is 0 Å². The van der Waals surface area contributed by atoms with E-state index in [2.05, 4.69) is 49.0 Å². The summed E-state index contributed by atoms with van der Waals surface area (Å²) in [4.78, 5) is 12.6. The Hall–Kier alpha value is -2.81. The fraction of sp³-hybridized carbons (Fsp3) is 0.500. The second kappa shape index (κ2) is 10.8. The smallest absolute Gasteiger partial charge is 0.247 e. The van der Waals surface area contributed by atoms with Gasteiger partial charge < -0.3 is 10.3 Å². The van der Waals surface area contributed by atoms with Gasteiger partial charge in [-0.3, -0.25) is 4.40 Å². The lowest BCUT2D eigenvalue weighted by Crippen LogP contribution is -2.15. The second-order valence-corrected chi connectivity index (χ2v) is 10.0. The number of fused-ring (bicyclic) bond motifs is 1. The molecule has 0 amide bonds. The van der Waals surface area contributed by atoms with Gasteiger partial charge in [-0.2, -0.15) is 4.37 Å². The van der Waals surface area contributed by atoms with Crippen molar-refractivity contribution < 1.29 is 8.78 Å². The molecule has 0 saturated heterocycles. The maximum absolute atomic E-state index is 13.6. The van der Waals surface area contributed by atoms with Crippen LogP contribution < -0.4 is 5.32 Å². The lowest BCUT2D eigenvalue weighted by atomic mass is 9.93. The standard InChI is InChI=1S/C26H34F2N6S/c1-5-18(9-8-10-26(27,28)7-3)11-21-13-23(35-33-21)32-24-25-30-15-22(34(25)16-17(4)31-24)19-12-20(6-2)29-14-19/h12-16,18,29H,5-11H2,1-4H3,(H,31,32). The molecular weight excluding hydrogens is 466 g/mol. The van der Waals surface area contributed by atoms with Crippen molar-refractivity contribution in [3.63, 3.8) is 0 Å². The van der Waals surface area contributed by atoms with Crippen LogP contribution >= 0.6 is 11.5 Å². The van der Waals surface area contributed by atoms with Crippen LogP contribution in [0.25, 0.3) is 16.9 Å². The van der Waals surface area contributed by atoms with Gasteiger partial charge in [0, 0.05) is 36.5 Å². The number of rotatable bonds is 12. The van der Waals surface area contributed by atoms with Gasteiger partial charge in [-0.1, -0.05) is 27.2 Å². The number of hydrogen-bond donors (Lipinski definition) is 2. The number of aromatic amines is 1. The van der Waals surface area contributed by atoms with Gasteiger partial charge in [-0.25, -0.2) is 18.7 Å². The molecule has 9 heteroatoms. The average Bonchev–Trinajstić information content (AvgIpc) is 3.57. The zero-order valence-electron chi connectivity index (χ0n) is 20.9. The average molecular weight is 501 g/mol. The Labute approximate surface area is 209 Å². The van der Waals surface area contributed by atoms with Gasteiger partial charge in [0.15, 0.2) is 11.5 Å². The summed E-state index contributed by atoms with van der Waals surface area (Å²) in [5.41, 5.74) is 5.90. The van der Waals surface area contributed by atoms with Crippen molar-refractivity contribution in [3.8, 4) is 11.3 Å². The molecule has 188 valence electrons. The fourth-order valence-electron chi connectivity index (χ4n) is 4.36. The first-order chi connectivity index (χ1) is 16.8. The van der Waals surface area contributed by atoms with E-state index in [1.165, 1.54) is 17.2 Å². The van der Waals surface area contributed by atoms with Crippen LogP contribution in [0.3, 0.4) is 0 Å². The number of anilines is 2. The van der Waals surface area contributed by atoms with Crippen molar-refractivity contribution in [1.82, 2.24) is 23.7 Å². The molecular formula is C26H34F2N6S. The second-order valence-electron chi connectivity index (χ2n) is 9.22. The molecule has 0 spiro atoms. The highest BCUT2D eigenvalue weighted by atomic mass is 32.1. The monoisotopic (exact) mass is 500 g/mol. The largest absolute Gasteiger partial charge is 0.364 e. The summed E-state index contributed by atoms with van der Waals surface area (Å²) in [6, 6.07) is 4.19. The lowest BCUT2D eigenvalue weighted by molar-refractivity contribution is -0.0145. The van der Waals surface area contributed by atoms with Gasteiger partial charge in [0.25, 0.3) is 0 Å². The number of imidazole rings is 1. The first kappa shape index (κ1) is 25.3. The van der Waals surface area contributed by atoms with Crippen molar-refractivity contribution >= 4 is 28.0 Å². The number of nitrogens with one attached hydrogen (secondary N) is 2. The molecule has 4 aromatic heterocycles. The van der Waals surface area contributed by atoms with E-state index < -0.39 is 5.92 Å². The minimum absolute atomic E-state index is 0.0340. The van der Waals surface area contributed by atoms with Crippen molar-refractivity contribution in [3.05, 3.63) is 47.8 Å². The van der Waals surface area contributed by atoms with E-state index in [4.69, 9.17) is 0 Å². The highest BCUT2D eigenvalue weighted by Gasteiger charge is 2.25. The summed E-state index contributed by atoms with van der Waals surface area (Å²) in [6.07, 6.45) is 9.78. The van der Waals surface area contributed by atoms with Gasteiger partial charge in [0.2, 0.25) is 5.92 Å². The highest BCUT2D eigenvalue weighted by Crippen LogP contribution is 2.30. The van der Waals surface area contributed by atoms with Crippen LogP contribution in [0, 0.1) is 12.8 Å². The number of hydrogen-bond acceptors (Lipinski definition) is 5. The van der Waals surface area contributed by atoms with Crippen molar-refractivity contribution in [2.24, 2.45) is 5.92 Å². The minimum atomic E-state index is -2.55. The summed E-state index contributed by atoms with van der Waals surface area (Å²) >= 11 is 1.39. The Balaban J connectivity index is 1.47. The zero-order chi connectivity index (χ0) is 25.0. The third-order valence-electron chi connectivity index (χ3n) is 6.58. The Bertz CT molecular complexity index is 1260. The number of aromatic nitrogens is 5. The lowest BCUT2D eigenvalue weighted by Gasteiger charge is -2.17. The van der Waals surface area contributed by atoms with Gasteiger partial charge in [0.05, 0.1) is 23.3 Å². The molecule has 0 bridgehead atoms. The van der Waals surface area contributed by atoms with E-state index in [0.29, 0.717) is 18.2 Å². The summed E-state index contributed by atoms with van der Waals surface area (Å²) in [7, 11) is 0. The quantitative estimate of drug-likeness (QED) is 0.210. The first-order valence-corrected chi connectivity index (χ1v) is 13.2. The van der Waals surface area contributed by atoms with Crippen molar-refractivity contribution in [2.45, 2.75) is 78.6 Å². The van der Waals surface area contributed by atoms with Crippen LogP contribution in [-0.2, 0) is 12.8 Å². The topological polar surface area (TPSA) is 70.9 Å². The third kappa shape index (κ3) is 6.07. The van der Waals surface area contributed by atoms with E-state index in [1.54, 1.807) is 6.92 Å². The first-order valence-electron chi connectivity index (χ1n) is 12.4. The number of aryl methyl sites for hydroxylation is 2. The van der Waals surface area contributed by atoms with Crippen molar-refractivity contribution in [1.29, 1.82) is 0 Å². The number of halogens is 2. The Morgan fingerprint density at radius 2 is 2.06 bits per heavy atom. The van der Waals surface area contributed by atoms with Crippen LogP contribution in [0.1, 0.15) is 70.0 Å². The minimum Gasteiger partial charge on any atom is -0.364 e. The van der Waals surface area contributed by atoms with E-state index in [0.717, 1.165) is 59.0 Å². The molecule has 4 heterocycles. The molecule has 0 fully saturated rings. The molecule has 4 rings (SSSR count). The number of alkyl halides is 2. The van der Waals surface area contributed by atoms with Crippen molar-refractivity contribution in [2.75, 3.05) is 5.32 Å². The van der Waals surface area contributed by atoms with Gasteiger partial charge in [-0.05, 0) is 62.2 Å². The molecule has 0 aliphatic rings. The van der Waals surface area contributed by atoms with E-state index in [-0.39, 0.29) is 12.8 Å². The molecule has 6 nitrogen and oxygen atoms in total. The Morgan fingerprint density at radius 1 is 1.23 bits per heavy atom. The van der Waals surface area contributed by atoms with Crippen LogP contribution in [-0.4, -0.2) is 29.6 Å². The van der Waals surface area contributed by atoms with Gasteiger partial charge in [0.1, 0.15) is 5.00 Å². The molecule has 1 atom stereocenters. The Kier molecular flexibility index (Phi) is 7.84. The maximum Gasteiger partial charge on any atom is 0.247 e. The maximum atomic E-state index is 13.6. The predicted molar refractivity (Wildman–Crippen MR) is 139 cm³/mol. The van der Waals surface area contributed by atoms with Gasteiger partial charge in [-0.15, -0.1) is 0 Å². The van der Waals surface area contributed by atoms with Crippen LogP contribution in [0.2, 0.25) is 0 Å². The zero-order valence-corrected chi connectivity index (χ0v) is 21.7. The van der Waals surface area contributed by atoms with E-state index in [9.17, 15) is 8.78 Å². The van der Waals surface area contributed by atoms with Crippen LogP contribution in [0.5, 0.6) is 0 Å². The molecule has 0 aliphatic carbocycles. The molecule has 0 radical (unpaired) electrons. The SMILES string of the molecule is CCc1cc(-c2cnc3c(Nc4cc(CC(CC)CCCC(F)(F)CC)ns4)nc(C)cn23)c[nH]1. The number of H-pyrrole nitrogens is 1. The van der Waals surface area contributed by atoms with E-state index in [1.807, 2.05) is 31.6 Å². The molecule has 0 aliphatic heterocycles. The Morgan fingerprint density at radius 3 is 2.77 bits per heavy atom. The normalized spacial score (nSPS) is 13.0. The van der Waals surface area contributed by atoms with E-state index >= 15 is 0 Å². The fourth-order valence-corrected chi connectivity index (χ4v) is 5.03. The number of nitrogens with zero attached hydrogens (tertiary/aromatic N) is 4. The third-order valence-corrected chi connectivity index (χ3v) is 7.32. The molecule has 4 aromatic rings. The molecule has 1 unspecified atom stereocenters. The highest BCUT2D eigenvalue weighted by molar-refractivity contribution is 7.10. The molecule has 35 heavy (non-hydrogen) atoms. The summed E-state index contributed by atoms with van der Waals surface area (Å²) in [5, 5.41) is 4.30. The molecule has 0 aromatic carbocycles. The summed E-state index contributed by atoms with van der Waals surface area (Å²) in [5.74, 6) is -1.51. The summed E-state index contributed by atoms with van der Waals surface area (Å²) in [6.45, 7) is 7.75. The van der Waals surface area contributed by atoms with Crippen LogP contribution in [0.15, 0.2) is 30.7 Å². The summed E-state index contributed by atoms with van der Waals surface area (Å²) < 4.78 is 33.8. The predicted octanol–water partition coefficient (Wildman–Crippen LogP) is 7.58. The molecule has 2 N–H and O–H groups in total.